The van der Waals surface area contributed by atoms with Gasteiger partial charge in [0.2, 0.25) is 0 Å². The molecule has 1 aromatic carbocycles. The van der Waals surface area contributed by atoms with Gasteiger partial charge in [-0.05, 0) is 24.1 Å². The minimum Gasteiger partial charge on any atom is -0.414 e. The van der Waals surface area contributed by atoms with Crippen molar-refractivity contribution < 1.29 is 4.42 Å². The van der Waals surface area contributed by atoms with Crippen LogP contribution in [0.25, 0.3) is 10.3 Å². The number of hydrogen-bond donors (Lipinski definition) is 0. The van der Waals surface area contributed by atoms with Crippen molar-refractivity contribution in [3.63, 3.8) is 0 Å². The molecule has 0 atom stereocenters. The maximum atomic E-state index is 10.9. The number of benzene rings is 1. The van der Waals surface area contributed by atoms with Crippen LogP contribution in [-0.4, -0.2) is 0 Å². The van der Waals surface area contributed by atoms with Crippen molar-refractivity contribution in [2.24, 2.45) is 0 Å². The average Bonchev–Trinajstić information content (AvgIpc) is 2.44. The van der Waals surface area contributed by atoms with Gasteiger partial charge in [-0.25, -0.2) is 4.79 Å². The second-order valence-corrected chi connectivity index (χ2v) is 3.96. The molecule has 2 rings (SSSR count). The van der Waals surface area contributed by atoms with Crippen molar-refractivity contribution in [3.05, 3.63) is 33.5 Å². The van der Waals surface area contributed by atoms with Crippen molar-refractivity contribution in [2.45, 2.75) is 19.8 Å². The molecule has 0 unspecified atom stereocenters. The Morgan fingerprint density at radius 1 is 1.46 bits per heavy atom. The Labute approximate surface area is 79.8 Å². The lowest BCUT2D eigenvalue weighted by Gasteiger charge is -1.95. The summed E-state index contributed by atoms with van der Waals surface area (Å²) in [5.74, 6) is 0. The molecule has 0 aliphatic rings. The van der Waals surface area contributed by atoms with Gasteiger partial charge in [0.25, 0.3) is 0 Å². The quantitative estimate of drug-likeness (QED) is 0.735. The first-order chi connectivity index (χ1) is 6.29. The molecule has 3 heteroatoms. The lowest BCUT2D eigenvalue weighted by atomic mass is 10.1. The zero-order valence-electron chi connectivity index (χ0n) is 7.37. The minimum atomic E-state index is -0.219. The first kappa shape index (κ1) is 8.51. The summed E-state index contributed by atoms with van der Waals surface area (Å²) in [6, 6.07) is 5.92. The van der Waals surface area contributed by atoms with Gasteiger partial charge in [0.1, 0.15) is 5.58 Å². The molecule has 0 radical (unpaired) electrons. The average molecular weight is 194 g/mol. The molecule has 2 aromatic rings. The summed E-state index contributed by atoms with van der Waals surface area (Å²) in [6.07, 6.45) is 2.18. The van der Waals surface area contributed by atoms with Crippen molar-refractivity contribution in [2.75, 3.05) is 0 Å². The summed E-state index contributed by atoms with van der Waals surface area (Å²) in [5, 5.41) is 0. The van der Waals surface area contributed by atoms with Crippen LogP contribution in [0.5, 0.6) is 0 Å². The molecule has 0 aliphatic heterocycles. The van der Waals surface area contributed by atoms with Gasteiger partial charge in [-0.1, -0.05) is 30.7 Å². The van der Waals surface area contributed by atoms with E-state index in [-0.39, 0.29) is 4.94 Å². The normalized spacial score (nSPS) is 10.8. The number of rotatable bonds is 2. The van der Waals surface area contributed by atoms with Crippen LogP contribution in [0.4, 0.5) is 0 Å². The molecule has 0 bridgehead atoms. The van der Waals surface area contributed by atoms with Gasteiger partial charge in [-0.15, -0.1) is 0 Å². The molecule has 1 aromatic heterocycles. The smallest absolute Gasteiger partial charge is 0.396 e. The highest BCUT2D eigenvalue weighted by molar-refractivity contribution is 7.16. The molecule has 0 fully saturated rings. The Hall–Kier alpha value is -1.09. The first-order valence-corrected chi connectivity index (χ1v) is 5.14. The Bertz CT molecular complexity index is 467. The molecule has 0 aliphatic carbocycles. The van der Waals surface area contributed by atoms with E-state index >= 15 is 0 Å². The van der Waals surface area contributed by atoms with Crippen LogP contribution < -0.4 is 4.94 Å². The van der Waals surface area contributed by atoms with Crippen molar-refractivity contribution in [3.8, 4) is 0 Å². The van der Waals surface area contributed by atoms with Crippen LogP contribution in [0.15, 0.2) is 27.4 Å². The van der Waals surface area contributed by atoms with E-state index in [1.165, 1.54) is 16.9 Å². The second-order valence-electron chi connectivity index (χ2n) is 2.99. The Kier molecular flexibility index (Phi) is 2.19. The van der Waals surface area contributed by atoms with E-state index in [2.05, 4.69) is 6.92 Å². The summed E-state index contributed by atoms with van der Waals surface area (Å²) in [4.78, 5) is 10.7. The van der Waals surface area contributed by atoms with Crippen LogP contribution >= 0.6 is 11.3 Å². The van der Waals surface area contributed by atoms with Gasteiger partial charge < -0.3 is 4.42 Å². The number of hydrogen-bond acceptors (Lipinski definition) is 3. The van der Waals surface area contributed by atoms with Gasteiger partial charge in [0.15, 0.2) is 0 Å². The van der Waals surface area contributed by atoms with Crippen molar-refractivity contribution in [1.82, 2.24) is 0 Å². The molecular weight excluding hydrogens is 184 g/mol. The molecule has 1 heterocycles. The number of fused-ring (bicyclic) bond motifs is 1. The van der Waals surface area contributed by atoms with Gasteiger partial charge in [-0.3, -0.25) is 0 Å². The summed E-state index contributed by atoms with van der Waals surface area (Å²) in [7, 11) is 0. The number of aryl methyl sites for hydroxylation is 1. The predicted molar refractivity (Wildman–Crippen MR) is 54.4 cm³/mol. The molecule has 0 amide bonds. The van der Waals surface area contributed by atoms with E-state index < -0.39 is 0 Å². The third-order valence-corrected chi connectivity index (χ3v) is 2.72. The Morgan fingerprint density at radius 3 is 3.08 bits per heavy atom. The van der Waals surface area contributed by atoms with E-state index in [1.807, 2.05) is 18.2 Å². The highest BCUT2D eigenvalue weighted by Gasteiger charge is 2.01. The van der Waals surface area contributed by atoms with Gasteiger partial charge in [-0.2, -0.15) is 0 Å². The van der Waals surface area contributed by atoms with E-state index in [1.54, 1.807) is 0 Å². The zero-order valence-corrected chi connectivity index (χ0v) is 8.19. The molecule has 2 nitrogen and oxygen atoms in total. The fourth-order valence-electron chi connectivity index (χ4n) is 1.36. The third-order valence-electron chi connectivity index (χ3n) is 1.93. The largest absolute Gasteiger partial charge is 0.414 e. The fraction of sp³-hybridized carbons (Fsp3) is 0.300. The van der Waals surface area contributed by atoms with Crippen molar-refractivity contribution >= 4 is 21.6 Å². The lowest BCUT2D eigenvalue weighted by molar-refractivity contribution is 0.585. The van der Waals surface area contributed by atoms with Crippen LogP contribution in [0.1, 0.15) is 18.9 Å². The maximum Gasteiger partial charge on any atom is 0.396 e. The molecule has 0 saturated heterocycles. The summed E-state index contributed by atoms with van der Waals surface area (Å²) in [5.41, 5.74) is 1.97. The summed E-state index contributed by atoms with van der Waals surface area (Å²) < 4.78 is 5.92. The molecule has 13 heavy (non-hydrogen) atoms. The van der Waals surface area contributed by atoms with Crippen LogP contribution in [0.2, 0.25) is 0 Å². The van der Waals surface area contributed by atoms with Crippen LogP contribution in [-0.2, 0) is 6.42 Å². The Balaban J connectivity index is 2.54. The topological polar surface area (TPSA) is 30.2 Å². The SMILES string of the molecule is CCCc1ccc2oc(=O)sc2c1. The van der Waals surface area contributed by atoms with Gasteiger partial charge in [0.05, 0.1) is 4.70 Å². The summed E-state index contributed by atoms with van der Waals surface area (Å²) >= 11 is 1.17. The Morgan fingerprint density at radius 2 is 2.31 bits per heavy atom. The molecule has 68 valence electrons. The standard InChI is InChI=1S/C10H10O2S/c1-2-3-7-4-5-8-9(6-7)13-10(11)12-8/h4-6H,2-3H2,1H3. The monoisotopic (exact) mass is 194 g/mol. The molecule has 0 N–H and O–H groups in total. The zero-order chi connectivity index (χ0) is 9.26. The lowest BCUT2D eigenvalue weighted by Crippen LogP contribution is -1.80. The predicted octanol–water partition coefficient (Wildman–Crippen LogP) is 2.81. The minimum absolute atomic E-state index is 0.219. The molecular formula is C10H10O2S. The van der Waals surface area contributed by atoms with Gasteiger partial charge >= 0.3 is 4.94 Å². The second kappa shape index (κ2) is 3.34. The van der Waals surface area contributed by atoms with E-state index in [4.69, 9.17) is 4.42 Å². The van der Waals surface area contributed by atoms with Crippen molar-refractivity contribution in [1.29, 1.82) is 0 Å². The summed E-state index contributed by atoms with van der Waals surface area (Å²) in [6.45, 7) is 2.14. The van der Waals surface area contributed by atoms with Gasteiger partial charge in [0, 0.05) is 0 Å². The molecule has 0 spiro atoms. The highest BCUT2D eigenvalue weighted by Crippen LogP contribution is 2.19. The van der Waals surface area contributed by atoms with Crippen LogP contribution in [0, 0.1) is 0 Å². The highest BCUT2D eigenvalue weighted by atomic mass is 32.1. The van der Waals surface area contributed by atoms with E-state index in [0.717, 1.165) is 17.5 Å². The third kappa shape index (κ3) is 1.65. The fourth-order valence-corrected chi connectivity index (χ4v) is 2.09. The first-order valence-electron chi connectivity index (χ1n) is 4.32. The van der Waals surface area contributed by atoms with E-state index in [9.17, 15) is 4.79 Å². The maximum absolute atomic E-state index is 10.9. The van der Waals surface area contributed by atoms with Crippen LogP contribution in [0.3, 0.4) is 0 Å². The molecule has 0 saturated carbocycles. The van der Waals surface area contributed by atoms with E-state index in [0.29, 0.717) is 5.58 Å².